The van der Waals surface area contributed by atoms with E-state index >= 15 is 0 Å². The maximum Gasteiger partial charge on any atom is 0.416 e. The Bertz CT molecular complexity index is 1170. The van der Waals surface area contributed by atoms with E-state index in [1.165, 1.54) is 29.2 Å². The van der Waals surface area contributed by atoms with Crippen LogP contribution in [0.1, 0.15) is 34.5 Å². The Balaban J connectivity index is 1.45. The molecule has 0 aliphatic carbocycles. The molecule has 1 atom stereocenters. The van der Waals surface area contributed by atoms with E-state index in [2.05, 4.69) is 10.3 Å². The van der Waals surface area contributed by atoms with Crippen molar-refractivity contribution in [1.29, 1.82) is 0 Å². The third-order valence-electron chi connectivity index (χ3n) is 5.62. The average Bonchev–Trinajstić information content (AvgIpc) is 3.30. The molecule has 0 spiro atoms. The summed E-state index contributed by atoms with van der Waals surface area (Å²) in [5.74, 6) is -0.340. The maximum atomic E-state index is 13.0. The standard InChI is InChI=1S/C24H22F3N3O3/c1-15-5-3-11-28-21(15)29-22(31)17-7-4-12-30(14-17)23(32)20-10-9-19(33-20)16-6-2-8-18(13-16)24(25,26)27/h2-3,5-6,8-11,13,17H,4,7,12,14H2,1H3,(H,28,29,31). The quantitative estimate of drug-likeness (QED) is 0.587. The molecule has 1 saturated heterocycles. The molecule has 0 saturated carbocycles. The summed E-state index contributed by atoms with van der Waals surface area (Å²) in [7, 11) is 0. The van der Waals surface area contributed by atoms with Crippen LogP contribution in [0.3, 0.4) is 0 Å². The highest BCUT2D eigenvalue weighted by molar-refractivity contribution is 5.95. The second-order valence-corrected chi connectivity index (χ2v) is 7.99. The first kappa shape index (κ1) is 22.6. The molecule has 3 aromatic rings. The number of carbonyl (C=O) groups is 2. The Labute approximate surface area is 188 Å². The van der Waals surface area contributed by atoms with Crippen LogP contribution in [0.4, 0.5) is 19.0 Å². The summed E-state index contributed by atoms with van der Waals surface area (Å²) < 4.78 is 44.6. The smallest absolute Gasteiger partial charge is 0.416 e. The van der Waals surface area contributed by atoms with Crippen LogP contribution in [0, 0.1) is 12.8 Å². The number of alkyl halides is 3. The largest absolute Gasteiger partial charge is 0.451 e. The first-order chi connectivity index (χ1) is 15.7. The summed E-state index contributed by atoms with van der Waals surface area (Å²) in [5.41, 5.74) is 0.273. The summed E-state index contributed by atoms with van der Waals surface area (Å²) in [6.07, 6.45) is -1.60. The molecular weight excluding hydrogens is 435 g/mol. The SMILES string of the molecule is Cc1cccnc1NC(=O)C1CCCN(C(=O)c2ccc(-c3cccc(C(F)(F)F)c3)o2)C1. The van der Waals surface area contributed by atoms with Crippen LogP contribution in [0.15, 0.2) is 59.1 Å². The van der Waals surface area contributed by atoms with Crippen LogP contribution in [0.5, 0.6) is 0 Å². The molecule has 1 fully saturated rings. The van der Waals surface area contributed by atoms with E-state index in [0.29, 0.717) is 25.2 Å². The zero-order valence-electron chi connectivity index (χ0n) is 17.9. The van der Waals surface area contributed by atoms with Crippen molar-refractivity contribution in [2.45, 2.75) is 25.9 Å². The molecule has 1 aliphatic heterocycles. The number of furan rings is 1. The van der Waals surface area contributed by atoms with Crippen LogP contribution in [0.25, 0.3) is 11.3 Å². The number of hydrogen-bond donors (Lipinski definition) is 1. The lowest BCUT2D eigenvalue weighted by Crippen LogP contribution is -2.43. The van der Waals surface area contributed by atoms with Crippen molar-refractivity contribution in [3.05, 3.63) is 71.6 Å². The number of hydrogen-bond acceptors (Lipinski definition) is 4. The van der Waals surface area contributed by atoms with E-state index in [9.17, 15) is 22.8 Å². The molecule has 33 heavy (non-hydrogen) atoms. The van der Waals surface area contributed by atoms with Gasteiger partial charge in [0.15, 0.2) is 5.76 Å². The van der Waals surface area contributed by atoms with Crippen LogP contribution in [-0.2, 0) is 11.0 Å². The molecule has 1 aromatic carbocycles. The van der Waals surface area contributed by atoms with Gasteiger partial charge in [0.25, 0.3) is 5.91 Å². The minimum absolute atomic E-state index is 0.0176. The predicted molar refractivity (Wildman–Crippen MR) is 115 cm³/mol. The van der Waals surface area contributed by atoms with Crippen LogP contribution in [0.2, 0.25) is 0 Å². The van der Waals surface area contributed by atoms with Crippen LogP contribution < -0.4 is 5.32 Å². The minimum Gasteiger partial charge on any atom is -0.451 e. The fourth-order valence-electron chi connectivity index (χ4n) is 3.82. The fourth-order valence-corrected chi connectivity index (χ4v) is 3.82. The van der Waals surface area contributed by atoms with E-state index in [1.807, 2.05) is 13.0 Å². The molecule has 1 unspecified atom stereocenters. The van der Waals surface area contributed by atoms with Crippen molar-refractivity contribution in [3.63, 3.8) is 0 Å². The van der Waals surface area contributed by atoms with Crippen molar-refractivity contribution in [2.75, 3.05) is 18.4 Å². The van der Waals surface area contributed by atoms with E-state index in [4.69, 9.17) is 4.42 Å². The summed E-state index contributed by atoms with van der Waals surface area (Å²) in [6.45, 7) is 2.53. The molecular formula is C24H22F3N3O3. The van der Waals surface area contributed by atoms with Gasteiger partial charge in [-0.25, -0.2) is 4.98 Å². The van der Waals surface area contributed by atoms with Gasteiger partial charge in [0.05, 0.1) is 11.5 Å². The molecule has 0 radical (unpaired) electrons. The number of amides is 2. The molecule has 9 heteroatoms. The zero-order chi connectivity index (χ0) is 23.6. The van der Waals surface area contributed by atoms with Gasteiger partial charge in [-0.15, -0.1) is 0 Å². The Kier molecular flexibility index (Phi) is 6.22. The average molecular weight is 457 g/mol. The zero-order valence-corrected chi connectivity index (χ0v) is 17.9. The first-order valence-electron chi connectivity index (χ1n) is 10.5. The lowest BCUT2D eigenvalue weighted by molar-refractivity contribution is -0.137. The van der Waals surface area contributed by atoms with Crippen molar-refractivity contribution >= 4 is 17.6 Å². The third-order valence-corrected chi connectivity index (χ3v) is 5.62. The molecule has 172 valence electrons. The van der Waals surface area contributed by atoms with E-state index in [0.717, 1.165) is 17.7 Å². The van der Waals surface area contributed by atoms with Crippen LogP contribution in [-0.4, -0.2) is 34.8 Å². The van der Waals surface area contributed by atoms with Gasteiger partial charge in [-0.3, -0.25) is 9.59 Å². The number of pyridine rings is 1. The Morgan fingerprint density at radius 1 is 1.15 bits per heavy atom. The van der Waals surface area contributed by atoms with Crippen molar-refractivity contribution in [2.24, 2.45) is 5.92 Å². The topological polar surface area (TPSA) is 75.4 Å². The highest BCUT2D eigenvalue weighted by Gasteiger charge is 2.32. The highest BCUT2D eigenvalue weighted by Crippen LogP contribution is 2.33. The Morgan fingerprint density at radius 2 is 1.97 bits per heavy atom. The number of nitrogens with one attached hydrogen (secondary N) is 1. The summed E-state index contributed by atoms with van der Waals surface area (Å²) >= 11 is 0. The molecule has 0 bridgehead atoms. The number of piperidine rings is 1. The van der Waals surface area contributed by atoms with Gasteiger partial charge in [0.1, 0.15) is 11.6 Å². The number of aryl methyl sites for hydroxylation is 1. The molecule has 3 heterocycles. The van der Waals surface area contributed by atoms with Gasteiger partial charge >= 0.3 is 6.18 Å². The second-order valence-electron chi connectivity index (χ2n) is 7.99. The van der Waals surface area contributed by atoms with Gasteiger partial charge in [-0.05, 0) is 55.7 Å². The lowest BCUT2D eigenvalue weighted by atomic mass is 9.97. The Hall–Kier alpha value is -3.62. The number of likely N-dealkylation sites (tertiary alicyclic amines) is 1. The van der Waals surface area contributed by atoms with Gasteiger partial charge in [0.2, 0.25) is 5.91 Å². The Morgan fingerprint density at radius 3 is 2.73 bits per heavy atom. The molecule has 6 nitrogen and oxygen atoms in total. The fraction of sp³-hybridized carbons (Fsp3) is 0.292. The predicted octanol–water partition coefficient (Wildman–Crippen LogP) is 5.16. The maximum absolute atomic E-state index is 13.0. The molecule has 4 rings (SSSR count). The summed E-state index contributed by atoms with van der Waals surface area (Å²) in [5, 5.41) is 2.82. The van der Waals surface area contributed by atoms with Gasteiger partial charge in [0, 0.05) is 24.8 Å². The summed E-state index contributed by atoms with van der Waals surface area (Å²) in [6, 6.07) is 11.3. The number of aromatic nitrogens is 1. The van der Waals surface area contributed by atoms with Gasteiger partial charge < -0.3 is 14.6 Å². The monoisotopic (exact) mass is 457 g/mol. The molecule has 1 N–H and O–H groups in total. The van der Waals surface area contributed by atoms with E-state index in [1.54, 1.807) is 12.3 Å². The second kappa shape index (κ2) is 9.09. The van der Waals surface area contributed by atoms with Gasteiger partial charge in [-0.1, -0.05) is 18.2 Å². The van der Waals surface area contributed by atoms with Crippen LogP contribution >= 0.6 is 0 Å². The van der Waals surface area contributed by atoms with E-state index in [-0.39, 0.29) is 29.5 Å². The third kappa shape index (κ3) is 5.08. The highest BCUT2D eigenvalue weighted by atomic mass is 19.4. The van der Waals surface area contributed by atoms with Crippen molar-refractivity contribution in [3.8, 4) is 11.3 Å². The normalized spacial score (nSPS) is 16.5. The van der Waals surface area contributed by atoms with Crippen molar-refractivity contribution < 1.29 is 27.2 Å². The molecule has 2 amide bonds. The number of halogens is 3. The number of carbonyl (C=O) groups excluding carboxylic acids is 2. The number of anilines is 1. The minimum atomic E-state index is -4.47. The van der Waals surface area contributed by atoms with Crippen molar-refractivity contribution in [1.82, 2.24) is 9.88 Å². The number of nitrogens with zero attached hydrogens (tertiary/aromatic N) is 2. The lowest BCUT2D eigenvalue weighted by Gasteiger charge is -2.31. The number of rotatable bonds is 4. The molecule has 2 aromatic heterocycles. The van der Waals surface area contributed by atoms with E-state index < -0.39 is 23.6 Å². The number of benzene rings is 1. The first-order valence-corrected chi connectivity index (χ1v) is 10.5. The van der Waals surface area contributed by atoms with Gasteiger partial charge in [-0.2, -0.15) is 13.2 Å². The molecule has 1 aliphatic rings. The summed E-state index contributed by atoms with van der Waals surface area (Å²) in [4.78, 5) is 31.4.